The maximum atomic E-state index is 2.51. The van der Waals surface area contributed by atoms with Crippen LogP contribution in [0.2, 0.25) is 0 Å². The van der Waals surface area contributed by atoms with E-state index in [0.717, 1.165) is 17.1 Å². The van der Waals surface area contributed by atoms with Gasteiger partial charge in [-0.2, -0.15) is 0 Å². The molecule has 0 saturated heterocycles. The summed E-state index contributed by atoms with van der Waals surface area (Å²) < 4.78 is 7.36. The second kappa shape index (κ2) is 12.5. The third kappa shape index (κ3) is 4.79. The van der Waals surface area contributed by atoms with Gasteiger partial charge >= 0.3 is 0 Å². The quantitative estimate of drug-likeness (QED) is 0.168. The minimum Gasteiger partial charge on any atom is -0.309 e. The van der Waals surface area contributed by atoms with Crippen molar-refractivity contribution in [2.75, 3.05) is 0 Å². The summed E-state index contributed by atoms with van der Waals surface area (Å²) in [5, 5.41) is 7.47. The van der Waals surface area contributed by atoms with E-state index in [-0.39, 0.29) is 0 Å². The van der Waals surface area contributed by atoms with Gasteiger partial charge in [-0.1, -0.05) is 152 Å². The Hall–Kier alpha value is -7.62. The van der Waals surface area contributed by atoms with E-state index in [2.05, 4.69) is 226 Å². The van der Waals surface area contributed by atoms with E-state index in [0.29, 0.717) is 0 Å². The molecule has 3 heteroatoms. The average Bonchev–Trinajstić information content (AvgIpc) is 3.92. The van der Waals surface area contributed by atoms with Crippen molar-refractivity contribution in [2.45, 2.75) is 0 Å². The summed E-state index contributed by atoms with van der Waals surface area (Å²) in [6, 6.07) is 77.4. The van der Waals surface area contributed by atoms with Crippen LogP contribution in [0, 0.1) is 0 Å². The molecule has 0 unspecified atom stereocenters. The predicted molar refractivity (Wildman–Crippen MR) is 240 cm³/mol. The third-order valence-electron chi connectivity index (χ3n) is 11.9. The van der Waals surface area contributed by atoms with Crippen molar-refractivity contribution in [3.05, 3.63) is 212 Å². The van der Waals surface area contributed by atoms with E-state index >= 15 is 0 Å². The molecule has 266 valence electrons. The fourth-order valence-corrected chi connectivity index (χ4v) is 9.30. The summed E-state index contributed by atoms with van der Waals surface area (Å²) in [5.41, 5.74) is 15.4. The molecule has 0 fully saturated rings. The summed E-state index contributed by atoms with van der Waals surface area (Å²) in [4.78, 5) is 0. The van der Waals surface area contributed by atoms with Gasteiger partial charge in [0, 0.05) is 49.4 Å². The number of fused-ring (bicyclic) bond motifs is 10. The van der Waals surface area contributed by atoms with E-state index < -0.39 is 0 Å². The number of benzene rings is 9. The van der Waals surface area contributed by atoms with Gasteiger partial charge in [0.05, 0.1) is 33.1 Å². The van der Waals surface area contributed by atoms with E-state index in [9.17, 15) is 0 Å². The highest BCUT2D eigenvalue weighted by molar-refractivity contribution is 6.26. The Morgan fingerprint density at radius 1 is 0.228 bits per heavy atom. The number of para-hydroxylation sites is 3. The van der Waals surface area contributed by atoms with E-state index in [1.807, 2.05) is 0 Å². The molecule has 0 amide bonds. The molecule has 3 nitrogen and oxygen atoms in total. The molecule has 9 aromatic carbocycles. The van der Waals surface area contributed by atoms with Crippen LogP contribution in [0.1, 0.15) is 0 Å². The van der Waals surface area contributed by atoms with Crippen LogP contribution < -0.4 is 0 Å². The van der Waals surface area contributed by atoms with Crippen LogP contribution in [-0.4, -0.2) is 13.7 Å². The van der Waals surface area contributed by atoms with Crippen molar-refractivity contribution in [1.82, 2.24) is 13.7 Å². The molecular weight excluding hydrogens is 691 g/mol. The lowest BCUT2D eigenvalue weighted by Crippen LogP contribution is -1.97. The Labute approximate surface area is 329 Å². The molecule has 12 rings (SSSR count). The maximum Gasteiger partial charge on any atom is 0.0641 e. The minimum atomic E-state index is 1.13. The summed E-state index contributed by atoms with van der Waals surface area (Å²) in [6.45, 7) is 0. The number of hydrogen-bond acceptors (Lipinski definition) is 0. The van der Waals surface area contributed by atoms with E-state index in [1.54, 1.807) is 0 Å². The molecule has 3 aromatic heterocycles. The largest absolute Gasteiger partial charge is 0.309 e. The topological polar surface area (TPSA) is 14.8 Å². The average molecular weight is 726 g/mol. The molecule has 0 aliphatic heterocycles. The zero-order valence-corrected chi connectivity index (χ0v) is 31.0. The minimum absolute atomic E-state index is 1.13. The van der Waals surface area contributed by atoms with Gasteiger partial charge in [0.2, 0.25) is 0 Å². The van der Waals surface area contributed by atoms with Gasteiger partial charge in [0.25, 0.3) is 0 Å². The van der Waals surface area contributed by atoms with Crippen molar-refractivity contribution in [2.24, 2.45) is 0 Å². The molecule has 0 radical (unpaired) electrons. The summed E-state index contributed by atoms with van der Waals surface area (Å²) >= 11 is 0. The van der Waals surface area contributed by atoms with Crippen LogP contribution >= 0.6 is 0 Å². The highest BCUT2D eigenvalue weighted by atomic mass is 15.0. The second-order valence-corrected chi connectivity index (χ2v) is 14.9. The van der Waals surface area contributed by atoms with Crippen molar-refractivity contribution in [1.29, 1.82) is 0 Å². The van der Waals surface area contributed by atoms with Gasteiger partial charge in [-0.15, -0.1) is 0 Å². The fraction of sp³-hybridized carbons (Fsp3) is 0. The van der Waals surface area contributed by atoms with Crippen LogP contribution in [0.25, 0.3) is 105 Å². The highest BCUT2D eigenvalue weighted by Crippen LogP contribution is 2.43. The Kier molecular flexibility index (Phi) is 6.93. The van der Waals surface area contributed by atoms with Gasteiger partial charge < -0.3 is 13.7 Å². The van der Waals surface area contributed by atoms with Gasteiger partial charge in [0.15, 0.2) is 0 Å². The van der Waals surface area contributed by atoms with Crippen LogP contribution in [0.15, 0.2) is 212 Å². The highest BCUT2D eigenvalue weighted by Gasteiger charge is 2.22. The fourth-order valence-electron chi connectivity index (χ4n) is 9.30. The molecular formula is C54H35N3. The maximum absolute atomic E-state index is 2.51. The first-order valence-corrected chi connectivity index (χ1v) is 19.6. The lowest BCUT2D eigenvalue weighted by molar-refractivity contribution is 1.16. The first-order chi connectivity index (χ1) is 28.3. The first-order valence-electron chi connectivity index (χ1n) is 19.6. The lowest BCUT2D eigenvalue weighted by Gasteiger charge is -2.13. The number of nitrogens with zero attached hydrogens (tertiary/aromatic N) is 3. The smallest absolute Gasteiger partial charge is 0.0641 e. The zero-order chi connectivity index (χ0) is 37.5. The number of rotatable bonds is 5. The molecule has 0 saturated carbocycles. The second-order valence-electron chi connectivity index (χ2n) is 14.9. The Balaban J connectivity index is 1.16. The van der Waals surface area contributed by atoms with Gasteiger partial charge in [-0.05, 0) is 82.9 Å². The number of aromatic nitrogens is 3. The SMILES string of the molecule is c1ccc(-c2ccc(-n3c4ccccc4c4c3ccc3c5ccc(-n6c7ccccc7c7ccccc76)cc5n(-c5ccc(-c6ccccc6)cc5)c34)cc2)cc1. The van der Waals surface area contributed by atoms with Crippen molar-refractivity contribution >= 4 is 65.4 Å². The Morgan fingerprint density at radius 3 is 1.21 bits per heavy atom. The zero-order valence-electron chi connectivity index (χ0n) is 31.0. The molecule has 0 aliphatic rings. The molecule has 0 aliphatic carbocycles. The Bertz CT molecular complexity index is 3420. The van der Waals surface area contributed by atoms with Gasteiger partial charge in [-0.25, -0.2) is 0 Å². The predicted octanol–water partition coefficient (Wildman–Crippen LogP) is 14.3. The summed E-state index contributed by atoms with van der Waals surface area (Å²) in [5.74, 6) is 0. The van der Waals surface area contributed by atoms with Crippen molar-refractivity contribution in [3.8, 4) is 39.3 Å². The lowest BCUT2D eigenvalue weighted by atomic mass is 10.1. The third-order valence-corrected chi connectivity index (χ3v) is 11.9. The van der Waals surface area contributed by atoms with Crippen LogP contribution in [-0.2, 0) is 0 Å². The molecule has 57 heavy (non-hydrogen) atoms. The van der Waals surface area contributed by atoms with Crippen LogP contribution in [0.5, 0.6) is 0 Å². The van der Waals surface area contributed by atoms with Crippen molar-refractivity contribution < 1.29 is 0 Å². The van der Waals surface area contributed by atoms with Gasteiger partial charge in [-0.3, -0.25) is 0 Å². The molecule has 0 atom stereocenters. The molecule has 12 aromatic rings. The van der Waals surface area contributed by atoms with E-state index in [4.69, 9.17) is 0 Å². The standard InChI is InChI=1S/C54H35N3/c1-3-13-36(14-4-1)38-23-27-40(28-24-38)55-50-22-12-9-19-47(50)53-51(55)34-33-46-45-32-31-42(56-48-20-10-7-17-43(48)44-18-8-11-21-49(44)56)35-52(45)57(54(46)53)41-29-25-39(26-30-41)37-15-5-2-6-16-37/h1-35H. The van der Waals surface area contributed by atoms with Crippen LogP contribution in [0.4, 0.5) is 0 Å². The molecule has 0 bridgehead atoms. The molecule has 0 N–H and O–H groups in total. The van der Waals surface area contributed by atoms with Crippen LogP contribution in [0.3, 0.4) is 0 Å². The molecule has 3 heterocycles. The van der Waals surface area contributed by atoms with Crippen molar-refractivity contribution in [3.63, 3.8) is 0 Å². The Morgan fingerprint density at radius 2 is 0.632 bits per heavy atom. The molecule has 0 spiro atoms. The normalized spacial score (nSPS) is 11.9. The summed E-state index contributed by atoms with van der Waals surface area (Å²) in [7, 11) is 0. The van der Waals surface area contributed by atoms with E-state index in [1.165, 1.54) is 87.7 Å². The number of hydrogen-bond donors (Lipinski definition) is 0. The first kappa shape index (κ1) is 31.7. The van der Waals surface area contributed by atoms with Gasteiger partial charge in [0.1, 0.15) is 0 Å². The monoisotopic (exact) mass is 725 g/mol. The summed E-state index contributed by atoms with van der Waals surface area (Å²) in [6.07, 6.45) is 0.